The van der Waals surface area contributed by atoms with Crippen molar-refractivity contribution in [3.63, 3.8) is 0 Å². The number of rotatable bonds is 0. The molecule has 0 bridgehead atoms. The van der Waals surface area contributed by atoms with E-state index in [1.807, 2.05) is 24.3 Å². The first-order valence-electron chi connectivity index (χ1n) is 3.47. The molecule has 0 spiro atoms. The van der Waals surface area contributed by atoms with E-state index in [0.29, 0.717) is 5.15 Å². The summed E-state index contributed by atoms with van der Waals surface area (Å²) < 4.78 is 1.05. The number of hydrogen-bond acceptors (Lipinski definition) is 1. The van der Waals surface area contributed by atoms with Gasteiger partial charge in [0.1, 0.15) is 5.15 Å². The van der Waals surface area contributed by atoms with Gasteiger partial charge in [-0.2, -0.15) is 0 Å². The molecule has 60 valence electrons. The van der Waals surface area contributed by atoms with Crippen LogP contribution in [-0.4, -0.2) is 4.98 Å². The van der Waals surface area contributed by atoms with Gasteiger partial charge >= 0.3 is 0 Å². The van der Waals surface area contributed by atoms with E-state index in [-0.39, 0.29) is 0 Å². The van der Waals surface area contributed by atoms with E-state index in [4.69, 9.17) is 11.6 Å². The molecule has 0 fully saturated rings. The van der Waals surface area contributed by atoms with Crippen LogP contribution in [0.4, 0.5) is 0 Å². The summed E-state index contributed by atoms with van der Waals surface area (Å²) in [6, 6.07) is 7.82. The van der Waals surface area contributed by atoms with Crippen molar-refractivity contribution in [1.82, 2.24) is 4.98 Å². The van der Waals surface area contributed by atoms with Gasteiger partial charge in [-0.1, -0.05) is 39.7 Å². The number of fused-ring (bicyclic) bond motifs is 1. The Labute approximate surface area is 83.5 Å². The quantitative estimate of drug-likeness (QED) is 0.643. The van der Waals surface area contributed by atoms with Crippen molar-refractivity contribution >= 4 is 38.3 Å². The highest BCUT2D eigenvalue weighted by Gasteiger charge is 1.98. The highest BCUT2D eigenvalue weighted by molar-refractivity contribution is 9.10. The Kier molecular flexibility index (Phi) is 2.03. The second-order valence-corrected chi connectivity index (χ2v) is 3.71. The Balaban J connectivity index is 2.86. The summed E-state index contributed by atoms with van der Waals surface area (Å²) in [5.41, 5.74) is 0. The van der Waals surface area contributed by atoms with Crippen LogP contribution in [0.5, 0.6) is 0 Å². The number of halogens is 2. The van der Waals surface area contributed by atoms with Crippen molar-refractivity contribution in [3.8, 4) is 0 Å². The van der Waals surface area contributed by atoms with Crippen LogP contribution in [-0.2, 0) is 0 Å². The fourth-order valence-electron chi connectivity index (χ4n) is 1.11. The molecule has 3 heteroatoms. The maximum absolute atomic E-state index is 5.74. The smallest absolute Gasteiger partial charge is 0.129 e. The Bertz CT molecular complexity index is 428. The molecule has 0 unspecified atom stereocenters. The Morgan fingerprint density at radius 3 is 3.00 bits per heavy atom. The molecule has 1 aromatic heterocycles. The average molecular weight is 243 g/mol. The monoisotopic (exact) mass is 241 g/mol. The van der Waals surface area contributed by atoms with Gasteiger partial charge in [-0.15, -0.1) is 0 Å². The lowest BCUT2D eigenvalue weighted by molar-refractivity contribution is 1.36. The third-order valence-corrected chi connectivity index (χ3v) is 2.58. The fraction of sp³-hybridized carbons (Fsp3) is 0. The van der Waals surface area contributed by atoms with Gasteiger partial charge in [-0.3, -0.25) is 0 Å². The zero-order valence-electron chi connectivity index (χ0n) is 6.09. The minimum Gasteiger partial charge on any atom is -0.244 e. The third kappa shape index (κ3) is 1.32. The van der Waals surface area contributed by atoms with Crippen molar-refractivity contribution in [2.24, 2.45) is 0 Å². The molecule has 0 saturated heterocycles. The van der Waals surface area contributed by atoms with Crippen LogP contribution in [0.2, 0.25) is 5.15 Å². The second kappa shape index (κ2) is 3.04. The molecular weight excluding hydrogens is 237 g/mol. The highest BCUT2D eigenvalue weighted by atomic mass is 79.9. The van der Waals surface area contributed by atoms with E-state index in [2.05, 4.69) is 20.9 Å². The average Bonchev–Trinajstić information content (AvgIpc) is 2.04. The predicted molar refractivity (Wildman–Crippen MR) is 54.5 cm³/mol. The molecule has 0 aliphatic heterocycles. The Hall–Kier alpha value is -0.600. The van der Waals surface area contributed by atoms with Crippen LogP contribution in [0.1, 0.15) is 0 Å². The first-order valence-corrected chi connectivity index (χ1v) is 4.64. The molecule has 0 atom stereocenters. The fourth-order valence-corrected chi connectivity index (χ4v) is 1.76. The molecule has 2 aromatic rings. The van der Waals surface area contributed by atoms with Gasteiger partial charge in [0.2, 0.25) is 0 Å². The molecule has 0 aliphatic rings. The summed E-state index contributed by atoms with van der Waals surface area (Å²) in [7, 11) is 0. The first kappa shape index (κ1) is 8.02. The zero-order chi connectivity index (χ0) is 8.55. The zero-order valence-corrected chi connectivity index (χ0v) is 8.43. The van der Waals surface area contributed by atoms with Crippen molar-refractivity contribution in [2.45, 2.75) is 0 Å². The van der Waals surface area contributed by atoms with Gasteiger partial charge < -0.3 is 0 Å². The lowest BCUT2D eigenvalue weighted by Crippen LogP contribution is -1.77. The van der Waals surface area contributed by atoms with E-state index in [0.717, 1.165) is 15.2 Å². The van der Waals surface area contributed by atoms with Crippen molar-refractivity contribution in [2.75, 3.05) is 0 Å². The minimum atomic E-state index is 0.528. The Morgan fingerprint density at radius 1 is 1.33 bits per heavy atom. The summed E-state index contributed by atoms with van der Waals surface area (Å²) in [6.45, 7) is 0. The van der Waals surface area contributed by atoms with Crippen LogP contribution in [0, 0.1) is 0 Å². The summed E-state index contributed by atoms with van der Waals surface area (Å²) >= 11 is 9.18. The normalized spacial score (nSPS) is 10.5. The van der Waals surface area contributed by atoms with Gasteiger partial charge in [0.15, 0.2) is 0 Å². The van der Waals surface area contributed by atoms with Crippen molar-refractivity contribution in [3.05, 3.63) is 40.1 Å². The van der Waals surface area contributed by atoms with Crippen molar-refractivity contribution in [1.29, 1.82) is 0 Å². The van der Waals surface area contributed by atoms with Crippen LogP contribution >= 0.6 is 27.5 Å². The molecule has 1 heterocycles. The highest BCUT2D eigenvalue weighted by Crippen LogP contribution is 2.24. The molecule has 0 N–H and O–H groups in total. The van der Waals surface area contributed by atoms with E-state index in [1.165, 1.54) is 0 Å². The molecule has 0 saturated carbocycles. The van der Waals surface area contributed by atoms with Crippen LogP contribution in [0.25, 0.3) is 10.8 Å². The van der Waals surface area contributed by atoms with Crippen molar-refractivity contribution < 1.29 is 0 Å². The van der Waals surface area contributed by atoms with Gasteiger partial charge in [0.25, 0.3) is 0 Å². The lowest BCUT2D eigenvalue weighted by atomic mass is 10.2. The number of pyridine rings is 1. The largest absolute Gasteiger partial charge is 0.244 e. The molecule has 1 nitrogen and oxygen atoms in total. The molecule has 2 rings (SSSR count). The summed E-state index contributed by atoms with van der Waals surface area (Å²) in [5.74, 6) is 0. The van der Waals surface area contributed by atoms with Gasteiger partial charge in [0.05, 0.1) is 0 Å². The van der Waals surface area contributed by atoms with E-state index < -0.39 is 0 Å². The second-order valence-electron chi connectivity index (χ2n) is 2.47. The summed E-state index contributed by atoms with van der Waals surface area (Å²) in [4.78, 5) is 4.00. The Morgan fingerprint density at radius 2 is 2.17 bits per heavy atom. The maximum Gasteiger partial charge on any atom is 0.129 e. The molecule has 0 aliphatic carbocycles. The SMILES string of the molecule is Clc1cc2cccc(Br)c2cn1. The standard InChI is InChI=1S/C9H5BrClN/c10-8-3-1-2-6-4-9(11)12-5-7(6)8/h1-5H. The van der Waals surface area contributed by atoms with Crippen LogP contribution < -0.4 is 0 Å². The summed E-state index contributed by atoms with van der Waals surface area (Å²) in [5, 5.41) is 2.71. The molecule has 1 aromatic carbocycles. The van der Waals surface area contributed by atoms with E-state index >= 15 is 0 Å². The molecule has 0 amide bonds. The summed E-state index contributed by atoms with van der Waals surface area (Å²) in [6.07, 6.45) is 1.77. The van der Waals surface area contributed by atoms with Crippen LogP contribution in [0.3, 0.4) is 0 Å². The maximum atomic E-state index is 5.74. The van der Waals surface area contributed by atoms with Crippen LogP contribution in [0.15, 0.2) is 34.9 Å². The number of aromatic nitrogens is 1. The topological polar surface area (TPSA) is 12.9 Å². The number of hydrogen-bond donors (Lipinski definition) is 0. The van der Waals surface area contributed by atoms with E-state index in [1.54, 1.807) is 6.20 Å². The minimum absolute atomic E-state index is 0.528. The molecule has 12 heavy (non-hydrogen) atoms. The predicted octanol–water partition coefficient (Wildman–Crippen LogP) is 3.65. The van der Waals surface area contributed by atoms with Gasteiger partial charge in [0, 0.05) is 16.1 Å². The molecular formula is C9H5BrClN. The van der Waals surface area contributed by atoms with Gasteiger partial charge in [-0.25, -0.2) is 4.98 Å². The first-order chi connectivity index (χ1) is 5.77. The third-order valence-electron chi connectivity index (χ3n) is 1.68. The number of benzene rings is 1. The number of nitrogens with zero attached hydrogens (tertiary/aromatic N) is 1. The van der Waals surface area contributed by atoms with E-state index in [9.17, 15) is 0 Å². The lowest BCUT2D eigenvalue weighted by Gasteiger charge is -1.98. The van der Waals surface area contributed by atoms with Gasteiger partial charge in [-0.05, 0) is 17.5 Å². The molecule has 0 radical (unpaired) electrons.